The standard InChI is InChI=1S/C18H26Cl3N3O5S/c1-3-24(4-2)30(26,27)15-9-5-7-13(11-15)22-16(18(19,20)21)23-17(25)29-12-14-8-6-10-28-14/h5,7,9,11,14,16,22H,3-4,6,8,10,12H2,1-2H3,(H,23,25)/t14-,16+/m1/s1. The number of nitrogens with zero attached hydrogens (tertiary/aromatic N) is 1. The van der Waals surface area contributed by atoms with Crippen molar-refractivity contribution in [2.24, 2.45) is 0 Å². The van der Waals surface area contributed by atoms with Gasteiger partial charge < -0.3 is 14.8 Å². The number of carbonyl (C=O) groups is 1. The molecule has 0 saturated carbocycles. The first-order valence-electron chi connectivity index (χ1n) is 9.56. The molecule has 1 aromatic carbocycles. The van der Waals surface area contributed by atoms with Crippen LogP contribution in [0.25, 0.3) is 0 Å². The van der Waals surface area contributed by atoms with Gasteiger partial charge in [-0.1, -0.05) is 54.7 Å². The second kappa shape index (κ2) is 11.1. The van der Waals surface area contributed by atoms with E-state index in [1.807, 2.05) is 0 Å². The molecule has 0 aliphatic carbocycles. The van der Waals surface area contributed by atoms with E-state index in [0.29, 0.717) is 25.4 Å². The Morgan fingerprint density at radius 2 is 2.03 bits per heavy atom. The summed E-state index contributed by atoms with van der Waals surface area (Å²) < 4.78 is 35.4. The Bertz CT molecular complexity index is 810. The average Bonchev–Trinajstić information content (AvgIpc) is 3.20. The van der Waals surface area contributed by atoms with E-state index in [2.05, 4.69) is 10.6 Å². The van der Waals surface area contributed by atoms with E-state index < -0.39 is 26.1 Å². The molecule has 0 bridgehead atoms. The summed E-state index contributed by atoms with van der Waals surface area (Å²) in [5.74, 6) is 0. The molecule has 1 aliphatic heterocycles. The average molecular weight is 503 g/mol. The number of anilines is 1. The van der Waals surface area contributed by atoms with Crippen LogP contribution in [0, 0.1) is 0 Å². The fourth-order valence-electron chi connectivity index (χ4n) is 2.93. The third-order valence-corrected chi connectivity index (χ3v) is 7.20. The molecule has 1 saturated heterocycles. The molecule has 1 amide bonds. The van der Waals surface area contributed by atoms with Crippen molar-refractivity contribution in [2.75, 3.05) is 31.6 Å². The van der Waals surface area contributed by atoms with Gasteiger partial charge in [0.2, 0.25) is 13.8 Å². The second-order valence-corrected chi connectivity index (χ2v) is 10.9. The van der Waals surface area contributed by atoms with Gasteiger partial charge in [0.05, 0.1) is 11.0 Å². The third-order valence-electron chi connectivity index (χ3n) is 4.50. The van der Waals surface area contributed by atoms with Crippen LogP contribution in [0.5, 0.6) is 0 Å². The quantitative estimate of drug-likeness (QED) is 0.394. The van der Waals surface area contributed by atoms with E-state index in [9.17, 15) is 13.2 Å². The lowest BCUT2D eigenvalue weighted by atomic mass is 10.2. The topological polar surface area (TPSA) is 97.0 Å². The van der Waals surface area contributed by atoms with Gasteiger partial charge >= 0.3 is 6.09 Å². The molecule has 2 atom stereocenters. The number of hydrogen-bond donors (Lipinski definition) is 2. The molecule has 0 unspecified atom stereocenters. The Morgan fingerprint density at radius 1 is 1.33 bits per heavy atom. The van der Waals surface area contributed by atoms with Crippen LogP contribution < -0.4 is 10.6 Å². The van der Waals surface area contributed by atoms with Gasteiger partial charge in [-0.2, -0.15) is 4.31 Å². The number of carbonyl (C=O) groups excluding carboxylic acids is 1. The SMILES string of the molecule is CCN(CC)S(=O)(=O)c1cccc(N[C@@H](NC(=O)OC[C@H]2CCCO2)C(Cl)(Cl)Cl)c1. The minimum Gasteiger partial charge on any atom is -0.447 e. The first kappa shape index (κ1) is 25.3. The number of rotatable bonds is 9. The van der Waals surface area contributed by atoms with E-state index in [0.717, 1.165) is 12.8 Å². The zero-order valence-electron chi connectivity index (χ0n) is 16.7. The number of amides is 1. The maximum atomic E-state index is 12.7. The van der Waals surface area contributed by atoms with Crippen molar-refractivity contribution >= 4 is 56.6 Å². The molecule has 30 heavy (non-hydrogen) atoms. The molecule has 1 aromatic rings. The van der Waals surface area contributed by atoms with E-state index in [-0.39, 0.29) is 17.6 Å². The zero-order valence-corrected chi connectivity index (χ0v) is 19.8. The van der Waals surface area contributed by atoms with E-state index in [1.54, 1.807) is 26.0 Å². The van der Waals surface area contributed by atoms with Gasteiger partial charge in [0.1, 0.15) is 12.8 Å². The van der Waals surface area contributed by atoms with Crippen LogP contribution in [0.1, 0.15) is 26.7 Å². The number of alkyl carbamates (subject to hydrolysis) is 1. The summed E-state index contributed by atoms with van der Waals surface area (Å²) in [6, 6.07) is 6.05. The molecule has 0 radical (unpaired) electrons. The van der Waals surface area contributed by atoms with Crippen LogP contribution in [-0.2, 0) is 19.5 Å². The van der Waals surface area contributed by atoms with Gasteiger partial charge in [0.25, 0.3) is 0 Å². The minimum atomic E-state index is -3.67. The van der Waals surface area contributed by atoms with Crippen molar-refractivity contribution < 1.29 is 22.7 Å². The van der Waals surface area contributed by atoms with Crippen molar-refractivity contribution in [1.29, 1.82) is 0 Å². The predicted octanol–water partition coefficient (Wildman–Crippen LogP) is 3.73. The molecule has 1 fully saturated rings. The smallest absolute Gasteiger partial charge is 0.408 e. The summed E-state index contributed by atoms with van der Waals surface area (Å²) >= 11 is 18.0. The molecule has 2 rings (SSSR count). The molecule has 0 aromatic heterocycles. The van der Waals surface area contributed by atoms with Crippen molar-refractivity contribution in [3.05, 3.63) is 24.3 Å². The molecular formula is C18H26Cl3N3O5S. The number of hydrogen-bond acceptors (Lipinski definition) is 6. The van der Waals surface area contributed by atoms with Gasteiger partial charge in [-0.3, -0.25) is 5.32 Å². The summed E-state index contributed by atoms with van der Waals surface area (Å²) in [4.78, 5) is 12.2. The Labute approximate surface area is 192 Å². The summed E-state index contributed by atoms with van der Waals surface area (Å²) in [5, 5.41) is 5.29. The van der Waals surface area contributed by atoms with Gasteiger partial charge in [0.15, 0.2) is 0 Å². The summed E-state index contributed by atoms with van der Waals surface area (Å²) in [5.41, 5.74) is 0.346. The van der Waals surface area contributed by atoms with Gasteiger partial charge in [-0.05, 0) is 31.0 Å². The van der Waals surface area contributed by atoms with E-state index in [4.69, 9.17) is 44.3 Å². The Balaban J connectivity index is 2.10. The summed E-state index contributed by atoms with van der Waals surface area (Å²) in [7, 11) is -3.67. The molecule has 0 spiro atoms. The van der Waals surface area contributed by atoms with Gasteiger partial charge in [-0.15, -0.1) is 0 Å². The van der Waals surface area contributed by atoms with Crippen LogP contribution in [0.3, 0.4) is 0 Å². The van der Waals surface area contributed by atoms with Crippen LogP contribution in [0.15, 0.2) is 29.2 Å². The molecule has 170 valence electrons. The van der Waals surface area contributed by atoms with Crippen molar-refractivity contribution in [3.63, 3.8) is 0 Å². The van der Waals surface area contributed by atoms with Gasteiger partial charge in [-0.25, -0.2) is 13.2 Å². The number of ether oxygens (including phenoxy) is 2. The van der Waals surface area contributed by atoms with E-state index >= 15 is 0 Å². The van der Waals surface area contributed by atoms with Gasteiger partial charge in [0, 0.05) is 25.4 Å². The fraction of sp³-hybridized carbons (Fsp3) is 0.611. The number of benzene rings is 1. The highest BCUT2D eigenvalue weighted by Crippen LogP contribution is 2.31. The highest BCUT2D eigenvalue weighted by Gasteiger charge is 2.35. The summed E-state index contributed by atoms with van der Waals surface area (Å²) in [6.45, 7) is 4.93. The monoisotopic (exact) mass is 501 g/mol. The Kier molecular flexibility index (Phi) is 9.32. The second-order valence-electron chi connectivity index (χ2n) is 6.61. The highest BCUT2D eigenvalue weighted by molar-refractivity contribution is 7.89. The van der Waals surface area contributed by atoms with Crippen molar-refractivity contribution in [1.82, 2.24) is 9.62 Å². The van der Waals surface area contributed by atoms with E-state index in [1.165, 1.54) is 16.4 Å². The maximum Gasteiger partial charge on any atom is 0.408 e. The first-order valence-corrected chi connectivity index (χ1v) is 12.1. The highest BCUT2D eigenvalue weighted by atomic mass is 35.6. The Hall–Kier alpha value is -0.970. The molecule has 2 N–H and O–H groups in total. The van der Waals surface area contributed by atoms with Crippen LogP contribution >= 0.6 is 34.8 Å². The lowest BCUT2D eigenvalue weighted by molar-refractivity contribution is 0.0432. The lowest BCUT2D eigenvalue weighted by Crippen LogP contribution is -2.49. The maximum absolute atomic E-state index is 12.7. The van der Waals surface area contributed by atoms with Crippen LogP contribution in [-0.4, -0.2) is 61.2 Å². The normalized spacial score (nSPS) is 18.3. The number of halogens is 3. The molecule has 1 heterocycles. The van der Waals surface area contributed by atoms with Crippen molar-refractivity contribution in [2.45, 2.75) is 47.6 Å². The molecule has 8 nitrogen and oxygen atoms in total. The molecular weight excluding hydrogens is 477 g/mol. The molecule has 12 heteroatoms. The van der Waals surface area contributed by atoms with Crippen molar-refractivity contribution in [3.8, 4) is 0 Å². The Morgan fingerprint density at radius 3 is 2.60 bits per heavy atom. The number of sulfonamides is 1. The van der Waals surface area contributed by atoms with Crippen LogP contribution in [0.2, 0.25) is 0 Å². The minimum absolute atomic E-state index is 0.0835. The lowest BCUT2D eigenvalue weighted by Gasteiger charge is -2.27. The number of nitrogens with one attached hydrogen (secondary N) is 2. The fourth-order valence-corrected chi connectivity index (χ4v) is 4.76. The molecule has 1 aliphatic rings. The summed E-state index contributed by atoms with van der Waals surface area (Å²) in [6.07, 6.45) is -0.377. The predicted molar refractivity (Wildman–Crippen MR) is 118 cm³/mol. The first-order chi connectivity index (χ1) is 14.1. The largest absolute Gasteiger partial charge is 0.447 e. The third kappa shape index (κ3) is 7.03. The van der Waals surface area contributed by atoms with Crippen LogP contribution in [0.4, 0.5) is 10.5 Å². The zero-order chi connectivity index (χ0) is 22.4. The number of alkyl halides is 3.